The van der Waals surface area contributed by atoms with Crippen molar-refractivity contribution in [2.75, 3.05) is 0 Å². The van der Waals surface area contributed by atoms with Crippen LogP contribution in [0.2, 0.25) is 0 Å². The standard InChI is InChI=1S/C9H14N2O4/c1-4(2-7(10)12)11-8(13)5-3-6(5)9(14)15/h4-6H,2-3H2,1H3,(H2,10,12)(H,11,13)(H,14,15). The van der Waals surface area contributed by atoms with Gasteiger partial charge in [-0.25, -0.2) is 0 Å². The average Bonchev–Trinajstić information content (AvgIpc) is 2.79. The monoisotopic (exact) mass is 214 g/mol. The van der Waals surface area contributed by atoms with Crippen LogP contribution in [0.5, 0.6) is 0 Å². The maximum absolute atomic E-state index is 11.4. The Morgan fingerprint density at radius 1 is 1.47 bits per heavy atom. The van der Waals surface area contributed by atoms with Crippen LogP contribution in [0.15, 0.2) is 0 Å². The molecule has 84 valence electrons. The van der Waals surface area contributed by atoms with Crippen LogP contribution >= 0.6 is 0 Å². The van der Waals surface area contributed by atoms with Crippen LogP contribution in [0, 0.1) is 11.8 Å². The smallest absolute Gasteiger partial charge is 0.307 e. The number of aliphatic carboxylic acids is 1. The van der Waals surface area contributed by atoms with Crippen LogP contribution in [0.4, 0.5) is 0 Å². The second-order valence-corrected chi connectivity index (χ2v) is 3.87. The number of carboxylic acids is 1. The second kappa shape index (κ2) is 4.29. The predicted octanol–water partition coefficient (Wildman–Crippen LogP) is -0.913. The Morgan fingerprint density at radius 3 is 2.47 bits per heavy atom. The van der Waals surface area contributed by atoms with Crippen molar-refractivity contribution in [3.05, 3.63) is 0 Å². The van der Waals surface area contributed by atoms with E-state index >= 15 is 0 Å². The summed E-state index contributed by atoms with van der Waals surface area (Å²) in [4.78, 5) is 32.4. The van der Waals surface area contributed by atoms with Crippen LogP contribution in [-0.2, 0) is 14.4 Å². The zero-order valence-corrected chi connectivity index (χ0v) is 8.40. The maximum atomic E-state index is 11.4. The van der Waals surface area contributed by atoms with Gasteiger partial charge in [0.1, 0.15) is 0 Å². The minimum atomic E-state index is -0.947. The Labute approximate surface area is 86.8 Å². The maximum Gasteiger partial charge on any atom is 0.307 e. The predicted molar refractivity (Wildman–Crippen MR) is 50.6 cm³/mol. The van der Waals surface area contributed by atoms with Gasteiger partial charge >= 0.3 is 5.97 Å². The fraction of sp³-hybridized carbons (Fsp3) is 0.667. The van der Waals surface area contributed by atoms with Crippen molar-refractivity contribution in [1.82, 2.24) is 5.32 Å². The van der Waals surface area contributed by atoms with Crippen molar-refractivity contribution >= 4 is 17.8 Å². The molecule has 0 radical (unpaired) electrons. The molecule has 1 rings (SSSR count). The van der Waals surface area contributed by atoms with Gasteiger partial charge in [0.15, 0.2) is 0 Å². The zero-order chi connectivity index (χ0) is 11.6. The number of carbonyl (C=O) groups excluding carboxylic acids is 2. The van der Waals surface area contributed by atoms with Gasteiger partial charge in [0.05, 0.1) is 11.8 Å². The molecule has 1 saturated carbocycles. The topological polar surface area (TPSA) is 109 Å². The first-order valence-electron chi connectivity index (χ1n) is 4.73. The summed E-state index contributed by atoms with van der Waals surface area (Å²) < 4.78 is 0. The highest BCUT2D eigenvalue weighted by Gasteiger charge is 2.48. The Bertz CT molecular complexity index is 302. The molecule has 1 aliphatic carbocycles. The SMILES string of the molecule is CC(CC(N)=O)NC(=O)C1CC1C(=O)O. The van der Waals surface area contributed by atoms with Crippen molar-refractivity contribution in [3.63, 3.8) is 0 Å². The highest BCUT2D eigenvalue weighted by Crippen LogP contribution is 2.38. The summed E-state index contributed by atoms with van der Waals surface area (Å²) in [7, 11) is 0. The van der Waals surface area contributed by atoms with Gasteiger partial charge in [-0.3, -0.25) is 14.4 Å². The summed E-state index contributed by atoms with van der Waals surface area (Å²) in [6, 6.07) is -0.343. The van der Waals surface area contributed by atoms with Gasteiger partial charge in [-0.1, -0.05) is 0 Å². The van der Waals surface area contributed by atoms with Crippen molar-refractivity contribution in [1.29, 1.82) is 0 Å². The number of rotatable bonds is 5. The molecule has 0 aromatic rings. The van der Waals surface area contributed by atoms with E-state index < -0.39 is 23.7 Å². The third-order valence-corrected chi connectivity index (χ3v) is 2.34. The van der Waals surface area contributed by atoms with Crippen LogP contribution in [0.3, 0.4) is 0 Å². The Balaban J connectivity index is 2.31. The number of carboxylic acid groups (broad SMARTS) is 1. The van der Waals surface area contributed by atoms with E-state index in [1.54, 1.807) is 6.92 Å². The van der Waals surface area contributed by atoms with Crippen molar-refractivity contribution < 1.29 is 19.5 Å². The van der Waals surface area contributed by atoms with Crippen LogP contribution < -0.4 is 11.1 Å². The van der Waals surface area contributed by atoms with Gasteiger partial charge in [-0.15, -0.1) is 0 Å². The molecule has 0 heterocycles. The lowest BCUT2D eigenvalue weighted by molar-refractivity contribution is -0.140. The molecule has 0 bridgehead atoms. The van der Waals surface area contributed by atoms with Gasteiger partial charge in [0, 0.05) is 12.5 Å². The first-order valence-corrected chi connectivity index (χ1v) is 4.73. The quantitative estimate of drug-likeness (QED) is 0.550. The molecule has 0 aromatic heterocycles. The molecule has 6 nitrogen and oxygen atoms in total. The minimum absolute atomic E-state index is 0.0657. The van der Waals surface area contributed by atoms with Crippen molar-refractivity contribution in [3.8, 4) is 0 Å². The number of hydrogen-bond donors (Lipinski definition) is 3. The van der Waals surface area contributed by atoms with E-state index in [1.807, 2.05) is 0 Å². The molecule has 2 amide bonds. The van der Waals surface area contributed by atoms with Crippen LogP contribution in [0.1, 0.15) is 19.8 Å². The molecule has 6 heteroatoms. The van der Waals surface area contributed by atoms with E-state index in [0.29, 0.717) is 6.42 Å². The molecule has 0 aromatic carbocycles. The van der Waals surface area contributed by atoms with Crippen LogP contribution in [0.25, 0.3) is 0 Å². The molecular formula is C9H14N2O4. The normalized spacial score (nSPS) is 25.4. The fourth-order valence-corrected chi connectivity index (χ4v) is 1.46. The van der Waals surface area contributed by atoms with Gasteiger partial charge in [-0.05, 0) is 13.3 Å². The summed E-state index contributed by atoms with van der Waals surface area (Å²) in [5.41, 5.74) is 4.95. The van der Waals surface area contributed by atoms with E-state index in [4.69, 9.17) is 10.8 Å². The van der Waals surface area contributed by atoms with E-state index in [0.717, 1.165) is 0 Å². The number of nitrogens with one attached hydrogen (secondary N) is 1. The molecule has 1 aliphatic rings. The lowest BCUT2D eigenvalue weighted by atomic mass is 10.2. The molecule has 3 atom stereocenters. The lowest BCUT2D eigenvalue weighted by Gasteiger charge is -2.11. The van der Waals surface area contributed by atoms with Crippen LogP contribution in [-0.4, -0.2) is 28.9 Å². The first-order chi connectivity index (χ1) is 6.91. The highest BCUT2D eigenvalue weighted by atomic mass is 16.4. The van der Waals surface area contributed by atoms with Gasteiger partial charge in [0.25, 0.3) is 0 Å². The fourth-order valence-electron chi connectivity index (χ4n) is 1.46. The lowest BCUT2D eigenvalue weighted by Crippen LogP contribution is -2.37. The molecule has 0 spiro atoms. The molecule has 4 N–H and O–H groups in total. The Hall–Kier alpha value is -1.59. The number of amides is 2. The Kier molecular flexibility index (Phi) is 3.28. The third kappa shape index (κ3) is 3.23. The summed E-state index contributed by atoms with van der Waals surface area (Å²) in [5.74, 6) is -2.76. The zero-order valence-electron chi connectivity index (χ0n) is 8.40. The van der Waals surface area contributed by atoms with Gasteiger partial charge in [0.2, 0.25) is 11.8 Å². The van der Waals surface area contributed by atoms with E-state index in [2.05, 4.69) is 5.32 Å². The Morgan fingerprint density at radius 2 is 2.07 bits per heavy atom. The largest absolute Gasteiger partial charge is 0.481 e. The molecule has 15 heavy (non-hydrogen) atoms. The summed E-state index contributed by atoms with van der Waals surface area (Å²) in [6.07, 6.45) is 0.445. The average molecular weight is 214 g/mol. The van der Waals surface area contributed by atoms with Crippen molar-refractivity contribution in [2.45, 2.75) is 25.8 Å². The molecule has 0 aliphatic heterocycles. The molecule has 1 fully saturated rings. The second-order valence-electron chi connectivity index (χ2n) is 3.87. The highest BCUT2D eigenvalue weighted by molar-refractivity contribution is 5.89. The number of hydrogen-bond acceptors (Lipinski definition) is 3. The van der Waals surface area contributed by atoms with Gasteiger partial charge < -0.3 is 16.2 Å². The van der Waals surface area contributed by atoms with E-state index in [-0.39, 0.29) is 18.4 Å². The summed E-state index contributed by atoms with van der Waals surface area (Å²) >= 11 is 0. The number of nitrogens with two attached hydrogens (primary N) is 1. The number of primary amides is 1. The first kappa shape index (κ1) is 11.5. The van der Waals surface area contributed by atoms with Gasteiger partial charge in [-0.2, -0.15) is 0 Å². The molecular weight excluding hydrogens is 200 g/mol. The number of carbonyl (C=O) groups is 3. The third-order valence-electron chi connectivity index (χ3n) is 2.34. The summed E-state index contributed by atoms with van der Waals surface area (Å²) in [5, 5.41) is 11.2. The molecule has 0 saturated heterocycles. The summed E-state index contributed by atoms with van der Waals surface area (Å²) in [6.45, 7) is 1.65. The molecule has 3 unspecified atom stereocenters. The van der Waals surface area contributed by atoms with E-state index in [1.165, 1.54) is 0 Å². The van der Waals surface area contributed by atoms with E-state index in [9.17, 15) is 14.4 Å². The van der Waals surface area contributed by atoms with Crippen molar-refractivity contribution in [2.24, 2.45) is 17.6 Å². The minimum Gasteiger partial charge on any atom is -0.481 e.